The van der Waals surface area contributed by atoms with Crippen LogP contribution in [0.1, 0.15) is 46.0 Å². The van der Waals surface area contributed by atoms with Crippen LogP contribution in [0.5, 0.6) is 11.5 Å². The second kappa shape index (κ2) is 9.40. The van der Waals surface area contributed by atoms with Crippen molar-refractivity contribution in [2.45, 2.75) is 33.7 Å². The number of furan rings is 1. The quantitative estimate of drug-likeness (QED) is 0.299. The molecule has 1 amide bonds. The Morgan fingerprint density at radius 2 is 1.92 bits per heavy atom. The highest BCUT2D eigenvalue weighted by Crippen LogP contribution is 2.46. The Labute approximate surface area is 217 Å². The topological polar surface area (TPSA) is 102 Å². The maximum absolute atomic E-state index is 13.6. The van der Waals surface area contributed by atoms with Gasteiger partial charge in [0.05, 0.1) is 35.5 Å². The summed E-state index contributed by atoms with van der Waals surface area (Å²) in [5.74, 6) is -0.379. The number of carbonyl (C=O) groups excluding carboxylic acids is 2. The first-order chi connectivity index (χ1) is 17.7. The van der Waals surface area contributed by atoms with Gasteiger partial charge in [-0.2, -0.15) is 0 Å². The molecule has 1 atom stereocenters. The zero-order chi connectivity index (χ0) is 26.4. The summed E-state index contributed by atoms with van der Waals surface area (Å²) in [7, 11) is 1.52. The fourth-order valence-corrected chi connectivity index (χ4v) is 5.80. The molecule has 1 aliphatic rings. The van der Waals surface area contributed by atoms with Gasteiger partial charge >= 0.3 is 0 Å². The molecule has 8 nitrogen and oxygen atoms in total. The molecule has 1 unspecified atom stereocenters. The third kappa shape index (κ3) is 4.15. The number of aliphatic hydroxyl groups excluding tert-OH is 1. The van der Waals surface area contributed by atoms with E-state index in [-0.39, 0.29) is 11.3 Å². The summed E-state index contributed by atoms with van der Waals surface area (Å²) in [6, 6.07) is 11.4. The molecule has 37 heavy (non-hydrogen) atoms. The highest BCUT2D eigenvalue weighted by atomic mass is 32.1. The van der Waals surface area contributed by atoms with Crippen LogP contribution in [0, 0.1) is 20.8 Å². The Hall–Kier alpha value is -4.11. The summed E-state index contributed by atoms with van der Waals surface area (Å²) in [6.07, 6.45) is 0. The van der Waals surface area contributed by atoms with Crippen molar-refractivity contribution in [1.82, 2.24) is 4.98 Å². The van der Waals surface area contributed by atoms with Gasteiger partial charge in [0, 0.05) is 0 Å². The number of benzene rings is 2. The van der Waals surface area contributed by atoms with Crippen molar-refractivity contribution in [3.8, 4) is 11.5 Å². The van der Waals surface area contributed by atoms with E-state index in [4.69, 9.17) is 18.9 Å². The number of carbonyl (C=O) groups is 2. The molecule has 9 heteroatoms. The van der Waals surface area contributed by atoms with Crippen LogP contribution < -0.4 is 14.4 Å². The zero-order valence-corrected chi connectivity index (χ0v) is 21.9. The second-order valence-corrected chi connectivity index (χ2v) is 9.86. The minimum Gasteiger partial charge on any atom is -0.503 e. The third-order valence-corrected chi connectivity index (χ3v) is 7.25. The van der Waals surface area contributed by atoms with Crippen molar-refractivity contribution in [1.29, 1.82) is 0 Å². The average molecular weight is 519 g/mol. The molecule has 3 heterocycles. The summed E-state index contributed by atoms with van der Waals surface area (Å²) in [5, 5.41) is 11.4. The monoisotopic (exact) mass is 518 g/mol. The molecule has 5 rings (SSSR count). The highest BCUT2D eigenvalue weighted by molar-refractivity contribution is 7.22. The van der Waals surface area contributed by atoms with Crippen molar-refractivity contribution >= 4 is 38.4 Å². The second-order valence-electron chi connectivity index (χ2n) is 8.85. The lowest BCUT2D eigenvalue weighted by Crippen LogP contribution is -2.31. The normalized spacial score (nSPS) is 15.6. The molecule has 0 fully saturated rings. The largest absolute Gasteiger partial charge is 0.503 e. The van der Waals surface area contributed by atoms with Crippen LogP contribution >= 0.6 is 11.3 Å². The standard InChI is InChI=1S/C28H26N2O6S/c1-6-35-18-10-8-17(13-20(18)34-5)24-22(25(31)19-9-7-16(4)36-19)26(32)27(33)30(24)28-29-23-15(3)11-14(2)12-21(23)37-28/h7-13,24,32H,6H2,1-5H3. The molecule has 1 N–H and O–H groups in total. The molecular weight excluding hydrogens is 492 g/mol. The van der Waals surface area contributed by atoms with Crippen molar-refractivity contribution < 1.29 is 28.6 Å². The number of anilines is 1. The fourth-order valence-electron chi connectivity index (χ4n) is 4.63. The van der Waals surface area contributed by atoms with Gasteiger partial charge in [0.2, 0.25) is 5.78 Å². The maximum Gasteiger partial charge on any atom is 0.296 e. The Morgan fingerprint density at radius 3 is 2.59 bits per heavy atom. The van der Waals surface area contributed by atoms with Gasteiger partial charge in [-0.25, -0.2) is 4.98 Å². The molecule has 0 saturated heterocycles. The van der Waals surface area contributed by atoms with E-state index in [2.05, 4.69) is 0 Å². The first-order valence-corrected chi connectivity index (χ1v) is 12.6. The molecule has 4 aromatic rings. The van der Waals surface area contributed by atoms with E-state index in [0.29, 0.717) is 34.6 Å². The van der Waals surface area contributed by atoms with Gasteiger partial charge < -0.3 is 19.0 Å². The number of aliphatic hydroxyl groups is 1. The number of methoxy groups -OCH3 is 1. The highest BCUT2D eigenvalue weighted by Gasteiger charge is 2.46. The van der Waals surface area contributed by atoms with E-state index >= 15 is 0 Å². The van der Waals surface area contributed by atoms with Gasteiger partial charge in [-0.15, -0.1) is 0 Å². The Bertz CT molecular complexity index is 1580. The van der Waals surface area contributed by atoms with Crippen LogP contribution in [-0.4, -0.2) is 35.5 Å². The summed E-state index contributed by atoms with van der Waals surface area (Å²) < 4.78 is 17.6. The SMILES string of the molecule is CCOc1ccc(C2C(C(=O)c3ccc(C)o3)=C(O)C(=O)N2c2nc3c(C)cc(C)cc3s2)cc1OC. The molecule has 1 aliphatic heterocycles. The van der Waals surface area contributed by atoms with E-state index in [0.717, 1.165) is 21.3 Å². The van der Waals surface area contributed by atoms with Crippen molar-refractivity contribution in [3.05, 3.63) is 82.0 Å². The van der Waals surface area contributed by atoms with E-state index < -0.39 is 23.5 Å². The van der Waals surface area contributed by atoms with Gasteiger partial charge in [-0.3, -0.25) is 14.5 Å². The number of rotatable bonds is 7. The van der Waals surface area contributed by atoms with Crippen molar-refractivity contribution in [3.63, 3.8) is 0 Å². The third-order valence-electron chi connectivity index (χ3n) is 6.24. The predicted octanol–water partition coefficient (Wildman–Crippen LogP) is 6.00. The van der Waals surface area contributed by atoms with Crippen LogP contribution in [0.2, 0.25) is 0 Å². The van der Waals surface area contributed by atoms with Gasteiger partial charge in [0.1, 0.15) is 5.76 Å². The first-order valence-electron chi connectivity index (χ1n) is 11.8. The number of Topliss-reactive ketones (excluding diaryl/α,β-unsaturated/α-hetero) is 1. The number of amides is 1. The van der Waals surface area contributed by atoms with Crippen LogP contribution in [0.3, 0.4) is 0 Å². The Kier molecular flexibility index (Phi) is 6.25. The van der Waals surface area contributed by atoms with Crippen LogP contribution in [0.25, 0.3) is 10.2 Å². The molecule has 0 bridgehead atoms. The zero-order valence-electron chi connectivity index (χ0n) is 21.1. The number of hydrogen-bond donors (Lipinski definition) is 1. The van der Waals surface area contributed by atoms with Crippen LogP contribution in [-0.2, 0) is 4.79 Å². The molecular formula is C28H26N2O6S. The number of aryl methyl sites for hydroxylation is 3. The smallest absolute Gasteiger partial charge is 0.296 e. The van der Waals surface area contributed by atoms with Gasteiger partial charge in [-0.1, -0.05) is 23.5 Å². The lowest BCUT2D eigenvalue weighted by molar-refractivity contribution is -0.117. The summed E-state index contributed by atoms with van der Waals surface area (Å²) in [4.78, 5) is 33.3. The van der Waals surface area contributed by atoms with E-state index in [1.54, 1.807) is 31.2 Å². The number of aromatic nitrogens is 1. The molecule has 0 saturated carbocycles. The molecule has 2 aromatic heterocycles. The Morgan fingerprint density at radius 1 is 1.14 bits per heavy atom. The minimum atomic E-state index is -0.961. The van der Waals surface area contributed by atoms with E-state index in [1.807, 2.05) is 32.9 Å². The predicted molar refractivity (Wildman–Crippen MR) is 141 cm³/mol. The fraction of sp³-hybridized carbons (Fsp3) is 0.250. The lowest BCUT2D eigenvalue weighted by Gasteiger charge is -2.25. The number of ether oxygens (including phenoxy) is 2. The maximum atomic E-state index is 13.6. The molecule has 0 spiro atoms. The Balaban J connectivity index is 1.70. The summed E-state index contributed by atoms with van der Waals surface area (Å²) in [5.41, 5.74) is 3.28. The van der Waals surface area contributed by atoms with Crippen LogP contribution in [0.15, 0.2) is 58.2 Å². The summed E-state index contributed by atoms with van der Waals surface area (Å²) >= 11 is 1.33. The number of hydrogen-bond acceptors (Lipinski definition) is 8. The molecule has 190 valence electrons. The van der Waals surface area contributed by atoms with Crippen molar-refractivity contribution in [2.24, 2.45) is 0 Å². The first kappa shape index (κ1) is 24.6. The van der Waals surface area contributed by atoms with E-state index in [1.165, 1.54) is 29.4 Å². The average Bonchev–Trinajstić information content (AvgIpc) is 3.55. The van der Waals surface area contributed by atoms with E-state index in [9.17, 15) is 14.7 Å². The number of thiazole rings is 1. The number of fused-ring (bicyclic) bond motifs is 1. The van der Waals surface area contributed by atoms with Gasteiger partial charge in [0.15, 0.2) is 28.1 Å². The minimum absolute atomic E-state index is 0.0346. The van der Waals surface area contributed by atoms with Gasteiger partial charge in [0.25, 0.3) is 5.91 Å². The molecule has 2 aromatic carbocycles. The van der Waals surface area contributed by atoms with Gasteiger partial charge in [-0.05, 0) is 74.7 Å². The molecule has 0 aliphatic carbocycles. The molecule has 0 radical (unpaired) electrons. The number of nitrogens with zero attached hydrogens (tertiary/aromatic N) is 2. The number of ketones is 1. The summed E-state index contributed by atoms with van der Waals surface area (Å²) in [6.45, 7) is 7.99. The lowest BCUT2D eigenvalue weighted by atomic mass is 9.95. The van der Waals surface area contributed by atoms with Crippen molar-refractivity contribution in [2.75, 3.05) is 18.6 Å². The van der Waals surface area contributed by atoms with Crippen LogP contribution in [0.4, 0.5) is 5.13 Å².